The van der Waals surface area contributed by atoms with Gasteiger partial charge in [0.2, 0.25) is 11.8 Å². The summed E-state index contributed by atoms with van der Waals surface area (Å²) in [7, 11) is -4.26. The van der Waals surface area contributed by atoms with E-state index in [9.17, 15) is 22.4 Å². The monoisotopic (exact) mass is 573 g/mol. The van der Waals surface area contributed by atoms with Crippen LogP contribution in [0.5, 0.6) is 0 Å². The second kappa shape index (κ2) is 13.6. The third-order valence-corrected chi connectivity index (χ3v) is 8.24. The van der Waals surface area contributed by atoms with Crippen molar-refractivity contribution in [3.05, 3.63) is 94.8 Å². The number of nitrogens with one attached hydrogen (secondary N) is 1. The highest BCUT2D eigenvalue weighted by atomic mass is 35.5. The molecule has 2 amide bonds. The van der Waals surface area contributed by atoms with E-state index in [0.29, 0.717) is 18.0 Å². The summed E-state index contributed by atoms with van der Waals surface area (Å²) >= 11 is 6.03. The molecular weight excluding hydrogens is 541 g/mol. The van der Waals surface area contributed by atoms with Gasteiger partial charge >= 0.3 is 0 Å². The highest BCUT2D eigenvalue weighted by Crippen LogP contribution is 2.25. The number of sulfonamides is 1. The maximum atomic E-state index is 13.9. The molecule has 1 atom stereocenters. The number of amides is 2. The molecule has 7 nitrogen and oxygen atoms in total. The molecule has 0 aliphatic carbocycles. The van der Waals surface area contributed by atoms with Crippen molar-refractivity contribution in [1.82, 2.24) is 10.2 Å². The van der Waals surface area contributed by atoms with Crippen LogP contribution < -0.4 is 9.62 Å². The molecule has 1 N–H and O–H groups in total. The molecule has 0 spiro atoms. The van der Waals surface area contributed by atoms with Crippen LogP contribution >= 0.6 is 11.6 Å². The summed E-state index contributed by atoms with van der Waals surface area (Å²) in [6, 6.07) is 17.2. The number of nitrogens with zero attached hydrogens (tertiary/aromatic N) is 2. The van der Waals surface area contributed by atoms with Crippen LogP contribution in [-0.4, -0.2) is 44.3 Å². The van der Waals surface area contributed by atoms with Gasteiger partial charge in [-0.25, -0.2) is 12.8 Å². The Labute approximate surface area is 234 Å². The Hall–Kier alpha value is -3.43. The van der Waals surface area contributed by atoms with Crippen LogP contribution in [0, 0.1) is 12.7 Å². The van der Waals surface area contributed by atoms with Crippen molar-refractivity contribution < 1.29 is 22.4 Å². The van der Waals surface area contributed by atoms with Gasteiger partial charge in [-0.05, 0) is 73.9 Å². The quantitative estimate of drug-likeness (QED) is 0.318. The van der Waals surface area contributed by atoms with Crippen LogP contribution in [0.3, 0.4) is 0 Å². The maximum Gasteiger partial charge on any atom is 0.264 e. The zero-order valence-electron chi connectivity index (χ0n) is 22.2. The molecule has 3 aromatic rings. The van der Waals surface area contributed by atoms with Gasteiger partial charge in [-0.1, -0.05) is 55.3 Å². The summed E-state index contributed by atoms with van der Waals surface area (Å²) in [5, 5.41) is 3.37. The molecule has 3 aromatic carbocycles. The molecule has 39 heavy (non-hydrogen) atoms. The van der Waals surface area contributed by atoms with Crippen molar-refractivity contribution in [2.24, 2.45) is 0 Å². The largest absolute Gasteiger partial charge is 0.354 e. The lowest BCUT2D eigenvalue weighted by atomic mass is 10.1. The molecular formula is C29H33ClFN3O4S. The number of carbonyl (C=O) groups excluding carboxylic acids is 2. The summed E-state index contributed by atoms with van der Waals surface area (Å²) in [4.78, 5) is 28.2. The minimum absolute atomic E-state index is 0.0758. The number of aryl methyl sites for hydroxylation is 1. The summed E-state index contributed by atoms with van der Waals surface area (Å²) in [6.45, 7) is 5.55. The van der Waals surface area contributed by atoms with E-state index >= 15 is 0 Å². The van der Waals surface area contributed by atoms with Gasteiger partial charge in [0.05, 0.1) is 10.6 Å². The lowest BCUT2D eigenvalue weighted by molar-refractivity contribution is -0.140. The second-order valence-electron chi connectivity index (χ2n) is 9.16. The van der Waals surface area contributed by atoms with Crippen molar-refractivity contribution in [2.45, 2.75) is 51.1 Å². The van der Waals surface area contributed by atoms with E-state index in [0.717, 1.165) is 46.1 Å². The molecule has 0 heterocycles. The molecule has 3 rings (SSSR count). The van der Waals surface area contributed by atoms with Crippen molar-refractivity contribution in [1.29, 1.82) is 0 Å². The average Bonchev–Trinajstić information content (AvgIpc) is 2.92. The zero-order chi connectivity index (χ0) is 28.6. The van der Waals surface area contributed by atoms with Gasteiger partial charge in [-0.15, -0.1) is 0 Å². The Morgan fingerprint density at radius 2 is 1.56 bits per heavy atom. The van der Waals surface area contributed by atoms with Crippen LogP contribution in [0.2, 0.25) is 5.02 Å². The molecule has 0 saturated carbocycles. The molecule has 0 bridgehead atoms. The highest BCUT2D eigenvalue weighted by Gasteiger charge is 2.33. The van der Waals surface area contributed by atoms with Gasteiger partial charge in [0.1, 0.15) is 18.4 Å². The Morgan fingerprint density at radius 1 is 0.949 bits per heavy atom. The Balaban J connectivity index is 2.03. The van der Waals surface area contributed by atoms with Crippen LogP contribution in [0.15, 0.2) is 77.7 Å². The Morgan fingerprint density at radius 3 is 2.13 bits per heavy atom. The molecule has 0 fully saturated rings. The number of hydrogen-bond donors (Lipinski definition) is 1. The molecule has 0 aromatic heterocycles. The Kier molecular flexibility index (Phi) is 10.5. The minimum atomic E-state index is -4.26. The van der Waals surface area contributed by atoms with Crippen molar-refractivity contribution in [3.63, 3.8) is 0 Å². The fourth-order valence-corrected chi connectivity index (χ4v) is 5.59. The SMILES string of the molecule is CCCNC(=O)C(CC)N(Cc1ccc(Cl)cc1)C(=O)CN(c1ccc(C)cc1)S(=O)(=O)c1ccc(F)cc1. The molecule has 0 saturated heterocycles. The van der Waals surface area contributed by atoms with E-state index in [1.54, 1.807) is 55.5 Å². The molecule has 0 radical (unpaired) electrons. The zero-order valence-corrected chi connectivity index (χ0v) is 23.8. The number of carbonyl (C=O) groups is 2. The number of halogens is 2. The summed E-state index contributed by atoms with van der Waals surface area (Å²) in [5.74, 6) is -1.45. The lowest BCUT2D eigenvalue weighted by Gasteiger charge is -2.33. The van der Waals surface area contributed by atoms with Crippen LogP contribution in [0.25, 0.3) is 0 Å². The van der Waals surface area contributed by atoms with Gasteiger partial charge in [0.25, 0.3) is 10.0 Å². The molecule has 0 aliphatic heterocycles. The average molecular weight is 574 g/mol. The molecule has 1 unspecified atom stereocenters. The third kappa shape index (κ3) is 7.80. The molecule has 208 valence electrons. The van der Waals surface area contributed by atoms with Gasteiger partial charge in [-0.2, -0.15) is 0 Å². The molecule has 10 heteroatoms. The summed E-state index contributed by atoms with van der Waals surface area (Å²) in [6.07, 6.45) is 1.05. The summed E-state index contributed by atoms with van der Waals surface area (Å²) in [5.41, 5.74) is 1.91. The van der Waals surface area contributed by atoms with E-state index in [1.807, 2.05) is 13.8 Å². The van der Waals surface area contributed by atoms with Crippen LogP contribution in [0.4, 0.5) is 10.1 Å². The number of benzene rings is 3. The van der Waals surface area contributed by atoms with Gasteiger partial charge in [-0.3, -0.25) is 13.9 Å². The van der Waals surface area contributed by atoms with E-state index in [4.69, 9.17) is 11.6 Å². The first-order valence-electron chi connectivity index (χ1n) is 12.7. The first kappa shape index (κ1) is 30.1. The first-order valence-corrected chi connectivity index (χ1v) is 14.5. The third-order valence-electron chi connectivity index (χ3n) is 6.20. The number of hydrogen-bond acceptors (Lipinski definition) is 4. The predicted molar refractivity (Wildman–Crippen MR) is 151 cm³/mol. The van der Waals surface area contributed by atoms with Gasteiger partial charge < -0.3 is 10.2 Å². The normalized spacial score (nSPS) is 12.0. The predicted octanol–water partition coefficient (Wildman–Crippen LogP) is 5.32. The summed E-state index contributed by atoms with van der Waals surface area (Å²) < 4.78 is 42.0. The first-order chi connectivity index (χ1) is 18.6. The van der Waals surface area contributed by atoms with Gasteiger partial charge in [0.15, 0.2) is 0 Å². The van der Waals surface area contributed by atoms with E-state index in [-0.39, 0.29) is 23.0 Å². The highest BCUT2D eigenvalue weighted by molar-refractivity contribution is 7.92. The smallest absolute Gasteiger partial charge is 0.264 e. The maximum absolute atomic E-state index is 13.9. The molecule has 0 aliphatic rings. The lowest BCUT2D eigenvalue weighted by Crippen LogP contribution is -2.52. The fraction of sp³-hybridized carbons (Fsp3) is 0.310. The standard InChI is InChI=1S/C29H33ClFN3O4S/c1-4-18-32-29(36)27(5-2)33(19-22-8-10-23(30)11-9-22)28(35)20-34(25-14-6-21(3)7-15-25)39(37,38)26-16-12-24(31)13-17-26/h6-17,27H,4-5,18-20H2,1-3H3,(H,32,36). The van der Waals surface area contributed by atoms with E-state index in [2.05, 4.69) is 5.32 Å². The van der Waals surface area contributed by atoms with Crippen molar-refractivity contribution in [3.8, 4) is 0 Å². The van der Waals surface area contributed by atoms with Crippen molar-refractivity contribution >= 4 is 39.1 Å². The topological polar surface area (TPSA) is 86.8 Å². The fourth-order valence-electron chi connectivity index (χ4n) is 4.05. The van der Waals surface area contributed by atoms with Gasteiger partial charge in [0, 0.05) is 18.1 Å². The van der Waals surface area contributed by atoms with Crippen molar-refractivity contribution in [2.75, 3.05) is 17.4 Å². The van der Waals surface area contributed by atoms with Crippen LogP contribution in [0.1, 0.15) is 37.8 Å². The second-order valence-corrected chi connectivity index (χ2v) is 11.5. The van der Waals surface area contributed by atoms with E-state index < -0.39 is 34.3 Å². The number of anilines is 1. The Bertz CT molecular complexity index is 1370. The number of rotatable bonds is 12. The minimum Gasteiger partial charge on any atom is -0.354 e. The van der Waals surface area contributed by atoms with Crippen LogP contribution in [-0.2, 0) is 26.2 Å². The van der Waals surface area contributed by atoms with E-state index in [1.165, 1.54) is 4.90 Å².